The molecule has 2 aliphatic carbocycles. The summed E-state index contributed by atoms with van der Waals surface area (Å²) in [5.74, 6) is 0.00836. The molecule has 1 N–H and O–H groups in total. The van der Waals surface area contributed by atoms with Crippen molar-refractivity contribution >= 4 is 33.0 Å². The zero-order chi connectivity index (χ0) is 30.7. The van der Waals surface area contributed by atoms with Crippen LogP contribution in [0, 0.1) is 5.21 Å². The maximum atomic E-state index is 15.0. The second-order valence-corrected chi connectivity index (χ2v) is 15.4. The van der Waals surface area contributed by atoms with Gasteiger partial charge in [0.2, 0.25) is 0 Å². The van der Waals surface area contributed by atoms with Gasteiger partial charge in [0.15, 0.2) is 11.9 Å². The van der Waals surface area contributed by atoms with Crippen LogP contribution < -0.4 is 10.0 Å². The monoisotopic (exact) mass is 593 g/mol. The first kappa shape index (κ1) is 30.8. The summed E-state index contributed by atoms with van der Waals surface area (Å²) in [5, 5.41) is 16.3. The third-order valence-corrected chi connectivity index (χ3v) is 8.49. The summed E-state index contributed by atoms with van der Waals surface area (Å²) in [5.41, 5.74) is -2.41. The Kier molecular flexibility index (Phi) is 7.73. The SMILES string of the molecule is CC(C)(F)CN(C(=O)OC(C)(C)C)S(=O)(=O)c1c2c(cc3c[n+]([O-])c(C4CC4)cc13)CC(NC(=O)OC(C)(C)C)C2. The number of alkyl carbamates (subject to hydrolysis) is 1. The fourth-order valence-corrected chi connectivity index (χ4v) is 6.92. The number of nitrogens with zero attached hydrogens (tertiary/aromatic N) is 2. The van der Waals surface area contributed by atoms with Crippen LogP contribution in [0.25, 0.3) is 10.8 Å². The van der Waals surface area contributed by atoms with Crippen LogP contribution >= 0.6 is 0 Å². The number of benzene rings is 1. The van der Waals surface area contributed by atoms with E-state index in [4.69, 9.17) is 9.47 Å². The lowest BCUT2D eigenvalue weighted by Gasteiger charge is -2.30. The summed E-state index contributed by atoms with van der Waals surface area (Å²) in [7, 11) is -4.71. The minimum atomic E-state index is -4.71. The number of alkyl halides is 1. The number of hydrogen-bond donors (Lipinski definition) is 1. The van der Waals surface area contributed by atoms with Crippen LogP contribution in [0.1, 0.15) is 91.0 Å². The Morgan fingerprint density at radius 3 is 2.20 bits per heavy atom. The minimum Gasteiger partial charge on any atom is -0.618 e. The molecule has 1 aromatic carbocycles. The molecule has 1 atom stereocenters. The summed E-state index contributed by atoms with van der Waals surface area (Å²) in [6.07, 6.45) is 1.52. The average Bonchev–Trinajstić information content (AvgIpc) is 3.52. The number of hydrogen-bond acceptors (Lipinski definition) is 7. The number of aromatic nitrogens is 1. The Hall–Kier alpha value is -3.15. The van der Waals surface area contributed by atoms with Gasteiger partial charge in [0, 0.05) is 28.8 Å². The molecule has 0 spiro atoms. The van der Waals surface area contributed by atoms with Crippen molar-refractivity contribution in [2.75, 3.05) is 6.54 Å². The van der Waals surface area contributed by atoms with Crippen molar-refractivity contribution in [3.05, 3.63) is 40.4 Å². The van der Waals surface area contributed by atoms with Crippen molar-refractivity contribution in [3.63, 3.8) is 0 Å². The highest BCUT2D eigenvalue weighted by atomic mass is 32.2. The molecular formula is C29H40FN3O7S. The number of fused-ring (bicyclic) bond motifs is 2. The van der Waals surface area contributed by atoms with E-state index in [1.165, 1.54) is 20.0 Å². The smallest absolute Gasteiger partial charge is 0.424 e. The van der Waals surface area contributed by atoms with Crippen molar-refractivity contribution in [1.29, 1.82) is 0 Å². The second kappa shape index (κ2) is 10.3. The fraction of sp³-hybridized carbons (Fsp3) is 0.621. The van der Waals surface area contributed by atoms with Crippen LogP contribution in [-0.4, -0.2) is 54.4 Å². The second-order valence-electron chi connectivity index (χ2n) is 13.6. The predicted molar refractivity (Wildman–Crippen MR) is 151 cm³/mol. The molecule has 1 fully saturated rings. The number of carbonyl (C=O) groups excluding carboxylic acids is 2. The summed E-state index contributed by atoms with van der Waals surface area (Å²) < 4.78 is 56.0. The quantitative estimate of drug-likeness (QED) is 0.368. The largest absolute Gasteiger partial charge is 0.618 e. The maximum absolute atomic E-state index is 15.0. The lowest BCUT2D eigenvalue weighted by atomic mass is 10.0. The molecule has 1 heterocycles. The van der Waals surface area contributed by atoms with Crippen LogP contribution in [0.4, 0.5) is 14.0 Å². The van der Waals surface area contributed by atoms with Gasteiger partial charge >= 0.3 is 12.2 Å². The molecule has 0 radical (unpaired) electrons. The van der Waals surface area contributed by atoms with Gasteiger partial charge in [-0.25, -0.2) is 22.4 Å². The van der Waals surface area contributed by atoms with Crippen LogP contribution in [0.5, 0.6) is 0 Å². The van der Waals surface area contributed by atoms with E-state index in [2.05, 4.69) is 5.32 Å². The number of nitrogens with one attached hydrogen (secondary N) is 1. The molecule has 226 valence electrons. The Morgan fingerprint density at radius 2 is 1.66 bits per heavy atom. The first-order chi connectivity index (χ1) is 18.6. The summed E-state index contributed by atoms with van der Waals surface area (Å²) >= 11 is 0. The highest BCUT2D eigenvalue weighted by Gasteiger charge is 2.42. The normalized spacial score (nSPS) is 17.7. The van der Waals surface area contributed by atoms with Crippen molar-refractivity contribution in [3.8, 4) is 0 Å². The number of halogens is 1. The number of amides is 2. The molecule has 10 nitrogen and oxygen atoms in total. The molecule has 12 heteroatoms. The molecule has 0 bridgehead atoms. The van der Waals surface area contributed by atoms with Gasteiger partial charge in [0.1, 0.15) is 16.9 Å². The van der Waals surface area contributed by atoms with Gasteiger partial charge < -0.3 is 20.0 Å². The van der Waals surface area contributed by atoms with Crippen molar-refractivity contribution < 1.29 is 36.6 Å². The van der Waals surface area contributed by atoms with E-state index in [0.717, 1.165) is 17.6 Å². The highest BCUT2D eigenvalue weighted by molar-refractivity contribution is 7.90. The molecule has 0 aliphatic heterocycles. The number of ether oxygens (including phenoxy) is 2. The first-order valence-corrected chi connectivity index (χ1v) is 15.2. The summed E-state index contributed by atoms with van der Waals surface area (Å²) in [6, 6.07) is 2.80. The third kappa shape index (κ3) is 7.20. The molecule has 1 saturated carbocycles. The summed E-state index contributed by atoms with van der Waals surface area (Å²) in [4.78, 5) is 25.7. The van der Waals surface area contributed by atoms with E-state index in [9.17, 15) is 23.2 Å². The Labute approximate surface area is 240 Å². The van der Waals surface area contributed by atoms with Gasteiger partial charge in [-0.15, -0.1) is 0 Å². The van der Waals surface area contributed by atoms with Crippen LogP contribution in [0.2, 0.25) is 0 Å². The minimum absolute atomic E-state index is 0.00836. The van der Waals surface area contributed by atoms with Gasteiger partial charge in [-0.2, -0.15) is 9.04 Å². The lowest BCUT2D eigenvalue weighted by Crippen LogP contribution is -2.46. The van der Waals surface area contributed by atoms with Crippen molar-refractivity contribution in [2.45, 2.75) is 115 Å². The van der Waals surface area contributed by atoms with Crippen molar-refractivity contribution in [1.82, 2.24) is 9.62 Å². The van der Waals surface area contributed by atoms with E-state index in [-0.39, 0.29) is 29.0 Å². The average molecular weight is 594 g/mol. The van der Waals surface area contributed by atoms with Gasteiger partial charge in [-0.3, -0.25) is 0 Å². The number of rotatable bonds is 6. The number of sulfonamides is 1. The molecule has 0 saturated heterocycles. The summed E-state index contributed by atoms with van der Waals surface area (Å²) in [6.45, 7) is 11.6. The topological polar surface area (TPSA) is 129 Å². The van der Waals surface area contributed by atoms with Gasteiger partial charge in [0.25, 0.3) is 10.0 Å². The Bertz CT molecular complexity index is 1480. The van der Waals surface area contributed by atoms with Crippen LogP contribution in [0.15, 0.2) is 23.2 Å². The van der Waals surface area contributed by atoms with E-state index in [1.54, 1.807) is 53.7 Å². The molecule has 4 rings (SSSR count). The fourth-order valence-electron chi connectivity index (χ4n) is 5.01. The molecular weight excluding hydrogens is 553 g/mol. The van der Waals surface area contributed by atoms with Crippen molar-refractivity contribution in [2.24, 2.45) is 0 Å². The van der Waals surface area contributed by atoms with Gasteiger partial charge in [-0.05, 0) is 98.3 Å². The van der Waals surface area contributed by atoms with E-state index in [1.807, 2.05) is 0 Å². The Balaban J connectivity index is 1.88. The number of carbonyl (C=O) groups is 2. The standard InChI is InChI=1S/C29H40FN3O7S/c1-27(2,3)39-25(34)31-20-12-18-11-19-15-32(36)23(17-9-10-17)14-22(19)24(21(18)13-20)41(37,38)33(16-29(7,8)30)26(35)40-28(4,5)6/h11,14-15,17,20H,9-10,12-13,16H2,1-8H3,(H,31,34). The van der Waals surface area contributed by atoms with E-state index >= 15 is 4.39 Å². The molecule has 2 amide bonds. The molecule has 41 heavy (non-hydrogen) atoms. The molecule has 1 aromatic heterocycles. The van der Waals surface area contributed by atoms with Gasteiger partial charge in [0.05, 0.1) is 11.4 Å². The van der Waals surface area contributed by atoms with Crippen LogP contribution in [0.3, 0.4) is 0 Å². The van der Waals surface area contributed by atoms with E-state index in [0.29, 0.717) is 26.5 Å². The zero-order valence-electron chi connectivity index (χ0n) is 25.0. The van der Waals surface area contributed by atoms with Gasteiger partial charge in [-0.1, -0.05) is 0 Å². The predicted octanol–water partition coefficient (Wildman–Crippen LogP) is 5.02. The Morgan fingerprint density at radius 1 is 1.05 bits per heavy atom. The van der Waals surface area contributed by atoms with E-state index < -0.39 is 51.7 Å². The number of pyridine rings is 1. The van der Waals surface area contributed by atoms with Crippen LogP contribution in [-0.2, 0) is 32.3 Å². The zero-order valence-corrected chi connectivity index (χ0v) is 25.8. The lowest BCUT2D eigenvalue weighted by molar-refractivity contribution is -0.612. The molecule has 2 aromatic rings. The molecule has 2 aliphatic rings. The molecule has 1 unspecified atom stereocenters. The first-order valence-electron chi connectivity index (χ1n) is 13.8. The maximum Gasteiger partial charge on any atom is 0.424 e. The third-order valence-electron chi connectivity index (χ3n) is 6.65. The highest BCUT2D eigenvalue weighted by Crippen LogP contribution is 2.42.